The SMILES string of the molecule is Clc1nc(Cl)nc(S(Cl)(Cl)(Cl)(Cl)c2ccccc2Cl)n1. The summed E-state index contributed by atoms with van der Waals surface area (Å²) in [5.74, 6) is 0. The van der Waals surface area contributed by atoms with Crippen LogP contribution in [0.1, 0.15) is 0 Å². The molecule has 3 nitrogen and oxygen atoms in total. The number of hydrogen-bond acceptors (Lipinski definition) is 3. The Morgan fingerprint density at radius 3 is 1.75 bits per heavy atom. The summed E-state index contributed by atoms with van der Waals surface area (Å²) in [7, 11) is 25.6. The summed E-state index contributed by atoms with van der Waals surface area (Å²) in [6, 6.07) is 6.27. The largest absolute Gasteiger partial charge is 0.227 e. The van der Waals surface area contributed by atoms with Crippen molar-refractivity contribution < 1.29 is 0 Å². The van der Waals surface area contributed by atoms with E-state index in [1.807, 2.05) is 0 Å². The predicted molar refractivity (Wildman–Crippen MR) is 88.8 cm³/mol. The first-order chi connectivity index (χ1) is 8.94. The van der Waals surface area contributed by atoms with Crippen molar-refractivity contribution in [2.24, 2.45) is 0 Å². The zero-order valence-corrected chi connectivity index (χ0v) is 15.3. The lowest BCUT2D eigenvalue weighted by atomic mass is 10.4. The summed E-state index contributed by atoms with van der Waals surface area (Å²) < 4.78 is 0. The van der Waals surface area contributed by atoms with Gasteiger partial charge >= 0.3 is 0 Å². The Hall–Kier alpha value is 0.610. The van der Waals surface area contributed by atoms with Gasteiger partial charge in [0.2, 0.25) is 15.7 Å². The molecule has 1 heterocycles. The molecular formula is C9H4Cl7N3S. The van der Waals surface area contributed by atoms with E-state index in [4.69, 9.17) is 77.5 Å². The van der Waals surface area contributed by atoms with Gasteiger partial charge in [0.05, 0.1) is 5.02 Å². The minimum absolute atomic E-state index is 0.0548. The van der Waals surface area contributed by atoms with Crippen molar-refractivity contribution >= 4 is 82.7 Å². The molecule has 0 bridgehead atoms. The minimum Gasteiger partial charge on any atom is -0.190 e. The third kappa shape index (κ3) is 3.03. The molecule has 0 unspecified atom stereocenters. The van der Waals surface area contributed by atoms with Crippen LogP contribution < -0.4 is 0 Å². The molecule has 0 N–H and O–H groups in total. The maximum atomic E-state index is 6.41. The van der Waals surface area contributed by atoms with E-state index in [1.54, 1.807) is 12.1 Å². The second-order valence-corrected chi connectivity index (χ2v) is 19.8. The molecule has 1 aromatic carbocycles. The Labute approximate surface area is 146 Å². The quantitative estimate of drug-likeness (QED) is 0.525. The average molecular weight is 434 g/mol. The molecule has 0 saturated carbocycles. The standard InChI is InChI=1S/C9H4Cl7N3S/c10-5-3-1-2-4-6(5)20(13,14,15,16)9-18-7(11)17-8(12)19-9/h1-4H. The summed E-state index contributed by atoms with van der Waals surface area (Å²) in [6.45, 7) is 0. The summed E-state index contributed by atoms with van der Waals surface area (Å²) in [6.07, 6.45) is 0. The normalized spacial score (nSPS) is 15.6. The van der Waals surface area contributed by atoms with Crippen LogP contribution in [0.25, 0.3) is 0 Å². The van der Waals surface area contributed by atoms with Crippen LogP contribution in [0.3, 0.4) is 0 Å². The third-order valence-electron chi connectivity index (χ3n) is 2.21. The molecule has 2 rings (SSSR count). The second kappa shape index (κ2) is 4.80. The van der Waals surface area contributed by atoms with Crippen LogP contribution >= 0.6 is 82.7 Å². The molecule has 1 aromatic heterocycles. The second-order valence-electron chi connectivity index (χ2n) is 3.66. The van der Waals surface area contributed by atoms with Crippen molar-refractivity contribution in [3.63, 3.8) is 0 Å². The van der Waals surface area contributed by atoms with Crippen molar-refractivity contribution in [1.82, 2.24) is 15.0 Å². The fraction of sp³-hybridized carbons (Fsp3) is 0. The van der Waals surface area contributed by atoms with E-state index >= 15 is 0 Å². The van der Waals surface area contributed by atoms with Gasteiger partial charge in [0.25, 0.3) is 0 Å². The number of aromatic nitrogens is 3. The highest BCUT2D eigenvalue weighted by Crippen LogP contribution is 3.12. The van der Waals surface area contributed by atoms with E-state index in [2.05, 4.69) is 15.0 Å². The molecule has 0 aliphatic rings. The zero-order chi connectivity index (χ0) is 15.2. The first kappa shape index (κ1) is 17.0. The van der Waals surface area contributed by atoms with E-state index in [1.165, 1.54) is 12.1 Å². The number of hydrogen-bond donors (Lipinski definition) is 0. The van der Waals surface area contributed by atoms with Crippen molar-refractivity contribution in [1.29, 1.82) is 0 Å². The lowest BCUT2D eigenvalue weighted by Gasteiger charge is -2.55. The molecule has 0 saturated heterocycles. The van der Waals surface area contributed by atoms with Crippen LogP contribution in [-0.4, -0.2) is 15.0 Å². The van der Waals surface area contributed by atoms with Crippen LogP contribution in [0.5, 0.6) is 0 Å². The Morgan fingerprint density at radius 1 is 0.750 bits per heavy atom. The summed E-state index contributed by atoms with van der Waals surface area (Å²) >= 11 is 17.5. The Kier molecular flexibility index (Phi) is 4.07. The summed E-state index contributed by atoms with van der Waals surface area (Å²) in [4.78, 5) is 11.2. The van der Waals surface area contributed by atoms with E-state index in [9.17, 15) is 0 Å². The highest BCUT2D eigenvalue weighted by atomic mass is 36.4. The summed E-state index contributed by atoms with van der Waals surface area (Å²) in [5, 5.41) is -5.89. The molecule has 110 valence electrons. The molecule has 0 radical (unpaired) electrons. The molecule has 20 heavy (non-hydrogen) atoms. The smallest absolute Gasteiger partial charge is 0.190 e. The summed E-state index contributed by atoms with van der Waals surface area (Å²) in [5.41, 5.74) is 0. The van der Waals surface area contributed by atoms with Gasteiger partial charge in [0.15, 0.2) is 0 Å². The topological polar surface area (TPSA) is 38.7 Å². The van der Waals surface area contributed by atoms with Gasteiger partial charge in [-0.05, 0) is 78.1 Å². The predicted octanol–water partition coefficient (Wildman–Crippen LogP) is 6.74. The Balaban J connectivity index is 2.87. The fourth-order valence-corrected chi connectivity index (χ4v) is 7.01. The highest BCUT2D eigenvalue weighted by Gasteiger charge is 2.62. The monoisotopic (exact) mass is 431 g/mol. The highest BCUT2D eigenvalue weighted by molar-refractivity contribution is 9.13. The van der Waals surface area contributed by atoms with Crippen LogP contribution in [-0.2, 0) is 0 Å². The number of halogens is 7. The fourth-order valence-electron chi connectivity index (χ4n) is 1.37. The molecule has 0 atom stereocenters. The average Bonchev–Trinajstić information content (AvgIpc) is 2.26. The van der Waals surface area contributed by atoms with Gasteiger partial charge in [-0.25, -0.2) is 0 Å². The van der Waals surface area contributed by atoms with E-state index in [0.717, 1.165) is 0 Å². The van der Waals surface area contributed by atoms with Crippen LogP contribution in [0.4, 0.5) is 0 Å². The molecule has 11 heteroatoms. The van der Waals surface area contributed by atoms with Crippen molar-refractivity contribution in [3.05, 3.63) is 39.9 Å². The van der Waals surface area contributed by atoms with Gasteiger partial charge in [-0.2, -0.15) is 15.0 Å². The van der Waals surface area contributed by atoms with E-state index in [0.29, 0.717) is 0 Å². The minimum atomic E-state index is -5.17. The molecule has 0 amide bonds. The third-order valence-corrected chi connectivity index (χ3v) is 8.80. The Bertz CT molecular complexity index is 679. The van der Waals surface area contributed by atoms with Gasteiger partial charge < -0.3 is 0 Å². The van der Waals surface area contributed by atoms with Crippen molar-refractivity contribution in [2.75, 3.05) is 0 Å². The maximum Gasteiger partial charge on any atom is 0.227 e. The molecular weight excluding hydrogens is 430 g/mol. The Morgan fingerprint density at radius 2 is 1.25 bits per heavy atom. The first-order valence-corrected chi connectivity index (χ1v) is 11.6. The maximum absolute atomic E-state index is 6.41. The van der Waals surface area contributed by atoms with Crippen molar-refractivity contribution in [2.45, 2.75) is 10.1 Å². The first-order valence-electron chi connectivity index (χ1n) is 4.76. The molecule has 0 fully saturated rings. The van der Waals surface area contributed by atoms with E-state index in [-0.39, 0.29) is 25.6 Å². The van der Waals surface area contributed by atoms with Gasteiger partial charge in [-0.3, -0.25) is 0 Å². The molecule has 0 spiro atoms. The number of nitrogens with zero attached hydrogens (tertiary/aromatic N) is 3. The lowest BCUT2D eigenvalue weighted by Crippen LogP contribution is -2.15. The van der Waals surface area contributed by atoms with Crippen LogP contribution in [0.15, 0.2) is 34.3 Å². The van der Waals surface area contributed by atoms with Gasteiger partial charge in [-0.15, -0.1) is 0 Å². The van der Waals surface area contributed by atoms with Gasteiger partial charge in [0.1, 0.15) is 0 Å². The van der Waals surface area contributed by atoms with Crippen molar-refractivity contribution in [3.8, 4) is 0 Å². The molecule has 0 aliphatic carbocycles. The number of benzene rings is 1. The molecule has 0 aliphatic heterocycles. The van der Waals surface area contributed by atoms with Crippen LogP contribution in [0, 0.1) is 0 Å². The zero-order valence-electron chi connectivity index (χ0n) is 9.21. The van der Waals surface area contributed by atoms with Gasteiger partial charge in [-0.1, -0.05) is 23.7 Å². The van der Waals surface area contributed by atoms with E-state index < -0.39 is 5.15 Å². The lowest BCUT2D eigenvalue weighted by molar-refractivity contribution is 0.897. The molecule has 2 aromatic rings. The van der Waals surface area contributed by atoms with Gasteiger partial charge in [0, 0.05) is 10.0 Å². The van der Waals surface area contributed by atoms with Crippen LogP contribution in [0.2, 0.25) is 15.6 Å². The number of rotatable bonds is 2.